The van der Waals surface area contributed by atoms with Gasteiger partial charge in [0, 0.05) is 48.9 Å². The standard InChI is InChI=1S/C23H25FN4O5S/c1-32-23(31)19-17(13-28-9-10-33-14(12-28)6-7-18(29)30)26-21(22-25-8-11-34-22)27-20(19)15-4-2-3-5-16(15)24/h2-5,8,11,14,20H,6-7,9-10,12-13H2,1H3,(H,26,27)(H,29,30)/t14-,20-/m0/s1. The van der Waals surface area contributed by atoms with Crippen LogP contribution < -0.4 is 5.32 Å². The molecule has 2 aliphatic heterocycles. The fourth-order valence-corrected chi connectivity index (χ4v) is 4.64. The minimum absolute atomic E-state index is 0.0169. The number of esters is 1. The Morgan fingerprint density at radius 3 is 2.91 bits per heavy atom. The normalized spacial score (nSPS) is 21.1. The van der Waals surface area contributed by atoms with Crippen LogP contribution in [-0.2, 0) is 19.1 Å². The number of nitrogens with zero attached hydrogens (tertiary/aromatic N) is 3. The third kappa shape index (κ3) is 5.49. The number of methoxy groups -OCH3 is 1. The lowest BCUT2D eigenvalue weighted by Gasteiger charge is -2.35. The van der Waals surface area contributed by atoms with E-state index in [1.54, 1.807) is 24.4 Å². The second-order valence-corrected chi connectivity index (χ2v) is 8.80. The van der Waals surface area contributed by atoms with Crippen LogP contribution in [0.4, 0.5) is 4.39 Å². The van der Waals surface area contributed by atoms with Crippen molar-refractivity contribution in [2.24, 2.45) is 4.99 Å². The lowest BCUT2D eigenvalue weighted by Crippen LogP contribution is -2.46. The van der Waals surface area contributed by atoms with E-state index < -0.39 is 23.8 Å². The van der Waals surface area contributed by atoms with Gasteiger partial charge in [-0.3, -0.25) is 14.7 Å². The summed E-state index contributed by atoms with van der Waals surface area (Å²) in [5, 5.41) is 14.6. The van der Waals surface area contributed by atoms with Gasteiger partial charge in [0.25, 0.3) is 0 Å². The molecule has 3 heterocycles. The maximum absolute atomic E-state index is 14.8. The van der Waals surface area contributed by atoms with Crippen LogP contribution in [0.3, 0.4) is 0 Å². The predicted molar refractivity (Wildman–Crippen MR) is 123 cm³/mol. The average molecular weight is 489 g/mol. The molecule has 1 aromatic heterocycles. The lowest BCUT2D eigenvalue weighted by molar-refractivity contribution is -0.138. The van der Waals surface area contributed by atoms with Crippen LogP contribution in [0.15, 0.2) is 52.1 Å². The van der Waals surface area contributed by atoms with E-state index in [4.69, 9.17) is 14.6 Å². The molecule has 1 saturated heterocycles. The van der Waals surface area contributed by atoms with Crippen molar-refractivity contribution < 1.29 is 28.6 Å². The highest BCUT2D eigenvalue weighted by Gasteiger charge is 2.35. The molecule has 4 rings (SSSR count). The number of nitrogens with one attached hydrogen (secondary N) is 1. The van der Waals surface area contributed by atoms with Gasteiger partial charge in [-0.2, -0.15) is 0 Å². The van der Waals surface area contributed by atoms with Crippen molar-refractivity contribution in [1.82, 2.24) is 15.2 Å². The van der Waals surface area contributed by atoms with Crippen molar-refractivity contribution in [3.05, 3.63) is 63.5 Å². The maximum atomic E-state index is 14.8. The summed E-state index contributed by atoms with van der Waals surface area (Å²) < 4.78 is 25.6. The number of ether oxygens (including phenoxy) is 2. The third-order valence-electron chi connectivity index (χ3n) is 5.65. The number of halogens is 1. The van der Waals surface area contributed by atoms with Crippen molar-refractivity contribution >= 4 is 29.1 Å². The summed E-state index contributed by atoms with van der Waals surface area (Å²) in [6, 6.07) is 5.31. The summed E-state index contributed by atoms with van der Waals surface area (Å²) >= 11 is 1.38. The second kappa shape index (κ2) is 10.9. The van der Waals surface area contributed by atoms with Gasteiger partial charge in [0.05, 0.1) is 25.4 Å². The number of carboxylic acid groups (broad SMARTS) is 1. The summed E-state index contributed by atoms with van der Waals surface area (Å²) in [6.45, 7) is 1.86. The van der Waals surface area contributed by atoms with Gasteiger partial charge in [-0.25, -0.2) is 14.2 Å². The Kier molecular flexibility index (Phi) is 7.66. The topological polar surface area (TPSA) is 113 Å². The molecule has 0 spiro atoms. The number of hydrogen-bond donors (Lipinski definition) is 2. The number of rotatable bonds is 8. The number of aromatic nitrogens is 1. The first-order valence-corrected chi connectivity index (χ1v) is 11.7. The van der Waals surface area contributed by atoms with Gasteiger partial charge in [-0.1, -0.05) is 18.2 Å². The monoisotopic (exact) mass is 488 g/mol. The number of thiazole rings is 1. The van der Waals surface area contributed by atoms with Crippen molar-refractivity contribution in [3.8, 4) is 0 Å². The summed E-state index contributed by atoms with van der Waals surface area (Å²) in [5.41, 5.74) is 1.03. The second-order valence-electron chi connectivity index (χ2n) is 7.91. The molecule has 9 nitrogen and oxygen atoms in total. The Balaban J connectivity index is 1.69. The highest BCUT2D eigenvalue weighted by molar-refractivity contribution is 7.11. The number of carbonyl (C=O) groups is 2. The van der Waals surface area contributed by atoms with Crippen LogP contribution in [0.5, 0.6) is 0 Å². The number of aliphatic imine (C=N–C) groups is 1. The SMILES string of the molecule is COC(=O)C1=C(CN2CCO[C@@H](CCC(=O)O)C2)NC(c2nccs2)=N[C@H]1c1ccccc1F. The number of aliphatic carboxylic acids is 1. The Bertz CT molecular complexity index is 1100. The number of carboxylic acids is 1. The molecule has 0 amide bonds. The Morgan fingerprint density at radius 2 is 2.21 bits per heavy atom. The minimum atomic E-state index is -0.910. The molecule has 0 aliphatic carbocycles. The molecule has 34 heavy (non-hydrogen) atoms. The largest absolute Gasteiger partial charge is 0.481 e. The van der Waals surface area contributed by atoms with Gasteiger partial charge in [0.2, 0.25) is 0 Å². The van der Waals surface area contributed by atoms with E-state index in [1.165, 1.54) is 24.5 Å². The lowest BCUT2D eigenvalue weighted by atomic mass is 9.94. The predicted octanol–water partition coefficient (Wildman–Crippen LogP) is 2.37. The summed E-state index contributed by atoms with van der Waals surface area (Å²) in [5.74, 6) is -1.50. The molecule has 2 aliphatic rings. The highest BCUT2D eigenvalue weighted by atomic mass is 32.1. The van der Waals surface area contributed by atoms with Crippen molar-refractivity contribution in [1.29, 1.82) is 0 Å². The molecule has 0 bridgehead atoms. The third-order valence-corrected chi connectivity index (χ3v) is 6.43. The van der Waals surface area contributed by atoms with Gasteiger partial charge in [0.1, 0.15) is 11.9 Å². The van der Waals surface area contributed by atoms with Crippen LogP contribution in [0.2, 0.25) is 0 Å². The molecule has 0 unspecified atom stereocenters. The van der Waals surface area contributed by atoms with Crippen LogP contribution in [0.25, 0.3) is 0 Å². The summed E-state index contributed by atoms with van der Waals surface area (Å²) in [6.07, 6.45) is 1.83. The van der Waals surface area contributed by atoms with Crippen molar-refractivity contribution in [2.75, 3.05) is 33.4 Å². The molecule has 2 N–H and O–H groups in total. The smallest absolute Gasteiger partial charge is 0.338 e. The molecule has 0 saturated carbocycles. The molecule has 2 atom stereocenters. The van der Waals surface area contributed by atoms with Gasteiger partial charge < -0.3 is 19.9 Å². The van der Waals surface area contributed by atoms with Crippen LogP contribution in [0.1, 0.15) is 29.5 Å². The Hall–Kier alpha value is -3.15. The maximum Gasteiger partial charge on any atom is 0.338 e. The molecule has 2 aromatic rings. The van der Waals surface area contributed by atoms with Gasteiger partial charge in [-0.05, 0) is 12.5 Å². The van der Waals surface area contributed by atoms with E-state index in [2.05, 4.69) is 20.2 Å². The Morgan fingerprint density at radius 1 is 1.38 bits per heavy atom. The number of carbonyl (C=O) groups excluding carboxylic acids is 1. The quantitative estimate of drug-likeness (QED) is 0.545. The van der Waals surface area contributed by atoms with Crippen LogP contribution in [-0.4, -0.2) is 72.2 Å². The van der Waals surface area contributed by atoms with E-state index in [0.717, 1.165) is 0 Å². The van der Waals surface area contributed by atoms with Gasteiger partial charge in [-0.15, -0.1) is 11.3 Å². The Labute approximate surface area is 199 Å². The highest BCUT2D eigenvalue weighted by Crippen LogP contribution is 2.34. The molecule has 1 fully saturated rings. The molecule has 11 heteroatoms. The first-order valence-electron chi connectivity index (χ1n) is 10.8. The van der Waals surface area contributed by atoms with E-state index in [1.807, 2.05) is 5.38 Å². The fourth-order valence-electron chi connectivity index (χ4n) is 4.05. The van der Waals surface area contributed by atoms with E-state index in [-0.39, 0.29) is 23.7 Å². The van der Waals surface area contributed by atoms with Gasteiger partial charge >= 0.3 is 11.9 Å². The first-order chi connectivity index (χ1) is 16.5. The van der Waals surface area contributed by atoms with E-state index in [9.17, 15) is 14.0 Å². The number of amidine groups is 1. The number of morpholine rings is 1. The zero-order valence-electron chi connectivity index (χ0n) is 18.6. The van der Waals surface area contributed by atoms with Crippen molar-refractivity contribution in [3.63, 3.8) is 0 Å². The van der Waals surface area contributed by atoms with Crippen LogP contribution in [0, 0.1) is 5.82 Å². The summed E-state index contributed by atoms with van der Waals surface area (Å²) in [4.78, 5) is 34.9. The van der Waals surface area contributed by atoms with Crippen molar-refractivity contribution in [2.45, 2.75) is 25.0 Å². The van der Waals surface area contributed by atoms with E-state index >= 15 is 0 Å². The van der Waals surface area contributed by atoms with Gasteiger partial charge in [0.15, 0.2) is 10.8 Å². The molecular formula is C23H25FN4O5S. The first kappa shape index (κ1) is 24.0. The average Bonchev–Trinajstić information content (AvgIpc) is 3.37. The summed E-state index contributed by atoms with van der Waals surface area (Å²) in [7, 11) is 1.28. The fraction of sp³-hybridized carbons (Fsp3) is 0.391. The van der Waals surface area contributed by atoms with E-state index in [0.29, 0.717) is 49.2 Å². The number of benzene rings is 1. The zero-order chi connectivity index (χ0) is 24.1. The molecular weight excluding hydrogens is 463 g/mol. The molecule has 0 radical (unpaired) electrons. The molecule has 1 aromatic carbocycles. The minimum Gasteiger partial charge on any atom is -0.481 e. The molecule has 180 valence electrons. The zero-order valence-corrected chi connectivity index (χ0v) is 19.4. The number of hydrogen-bond acceptors (Lipinski definition) is 9. The van der Waals surface area contributed by atoms with Crippen LogP contribution >= 0.6 is 11.3 Å².